The van der Waals surface area contributed by atoms with Gasteiger partial charge >= 0.3 is 0 Å². The number of nitro benzene ring substituents is 2. The van der Waals surface area contributed by atoms with Crippen LogP contribution in [0.3, 0.4) is 0 Å². The minimum Gasteiger partial charge on any atom is -0.306 e. The van der Waals surface area contributed by atoms with Crippen LogP contribution in [0.15, 0.2) is 39.2 Å². The maximum atomic E-state index is 11.9. The SMILES string of the molecule is N#CC(C#N)=C1Sc2c(c([N+](=O)[O-])c3c(c2[N+](=O)[O-])SC(=C(C#N)[C@H]2CN2)S3)S1. The second kappa shape index (κ2) is 7.30. The van der Waals surface area contributed by atoms with Crippen molar-refractivity contribution in [3.8, 4) is 18.2 Å². The number of fused-ring (bicyclic) bond motifs is 2. The van der Waals surface area contributed by atoms with Gasteiger partial charge in [0.2, 0.25) is 0 Å². The lowest BCUT2D eigenvalue weighted by molar-refractivity contribution is -0.398. The summed E-state index contributed by atoms with van der Waals surface area (Å²) in [5.74, 6) is 0. The van der Waals surface area contributed by atoms with E-state index in [0.29, 0.717) is 16.4 Å². The Kier molecular flexibility index (Phi) is 4.94. The lowest BCUT2D eigenvalue weighted by Crippen LogP contribution is -1.99. The van der Waals surface area contributed by atoms with E-state index in [1.54, 1.807) is 12.1 Å². The standard InChI is InChI=1S/C15H4N6O4S4/c16-1-5(2-17)14-26-10-8(20(22)23)12-13(9(21(24)25)11(10)27-14)29-15(28-12)6(3-18)7-4-19-7/h7,19H,4H2/t7-/m1/s1. The average Bonchev–Trinajstić information content (AvgIpc) is 3.27. The van der Waals surface area contributed by atoms with Gasteiger partial charge in [-0.25, -0.2) is 0 Å². The van der Waals surface area contributed by atoms with Crippen LogP contribution in [-0.4, -0.2) is 22.4 Å². The van der Waals surface area contributed by atoms with Gasteiger partial charge in [0, 0.05) is 6.54 Å². The molecule has 0 unspecified atom stereocenters. The highest BCUT2D eigenvalue weighted by atomic mass is 32.2. The Hall–Kier alpha value is -2.67. The number of rotatable bonds is 3. The third-order valence-corrected chi connectivity index (χ3v) is 9.20. The van der Waals surface area contributed by atoms with E-state index < -0.39 is 9.85 Å². The van der Waals surface area contributed by atoms with Gasteiger partial charge in [-0.05, 0) is 0 Å². The molecule has 4 rings (SSSR count). The fourth-order valence-corrected chi connectivity index (χ4v) is 8.15. The number of nitro groups is 2. The molecule has 0 aromatic heterocycles. The predicted molar refractivity (Wildman–Crippen MR) is 106 cm³/mol. The summed E-state index contributed by atoms with van der Waals surface area (Å²) >= 11 is 3.58. The van der Waals surface area contributed by atoms with Crippen LogP contribution in [0.2, 0.25) is 0 Å². The number of benzene rings is 1. The first-order valence-corrected chi connectivity index (χ1v) is 10.8. The Morgan fingerprint density at radius 3 is 1.59 bits per heavy atom. The van der Waals surface area contributed by atoms with Crippen molar-refractivity contribution in [3.05, 3.63) is 39.8 Å². The van der Waals surface area contributed by atoms with Crippen molar-refractivity contribution < 1.29 is 9.85 Å². The number of hydrogen-bond acceptors (Lipinski definition) is 12. The van der Waals surface area contributed by atoms with Crippen molar-refractivity contribution in [3.63, 3.8) is 0 Å². The molecule has 0 saturated carbocycles. The van der Waals surface area contributed by atoms with Crippen molar-refractivity contribution in [2.75, 3.05) is 6.54 Å². The molecule has 10 nitrogen and oxygen atoms in total. The van der Waals surface area contributed by atoms with Crippen LogP contribution in [0, 0.1) is 54.2 Å². The smallest absolute Gasteiger partial charge is 0.299 e. The van der Waals surface area contributed by atoms with Gasteiger partial charge < -0.3 is 5.32 Å². The number of hydrogen-bond donors (Lipinski definition) is 1. The first-order chi connectivity index (χ1) is 13.9. The molecule has 0 radical (unpaired) electrons. The summed E-state index contributed by atoms with van der Waals surface area (Å²) in [4.78, 5) is 22.8. The van der Waals surface area contributed by atoms with Gasteiger partial charge in [0.05, 0.1) is 36.0 Å². The summed E-state index contributed by atoms with van der Waals surface area (Å²) in [6.45, 7) is 0.607. The second-order valence-corrected chi connectivity index (χ2v) is 10.2. The van der Waals surface area contributed by atoms with Gasteiger partial charge in [-0.3, -0.25) is 20.2 Å². The molecule has 29 heavy (non-hydrogen) atoms. The van der Waals surface area contributed by atoms with E-state index in [9.17, 15) is 25.5 Å². The number of allylic oxidation sites excluding steroid dienone is 1. The summed E-state index contributed by atoms with van der Waals surface area (Å²) in [7, 11) is 0. The summed E-state index contributed by atoms with van der Waals surface area (Å²) in [6.07, 6.45) is 0. The molecule has 0 bridgehead atoms. The predicted octanol–water partition coefficient (Wildman–Crippen LogP) is 3.86. The molecule has 1 fully saturated rings. The summed E-state index contributed by atoms with van der Waals surface area (Å²) in [6, 6.07) is 5.34. The molecule has 14 heteroatoms. The summed E-state index contributed by atoms with van der Waals surface area (Å²) < 4.78 is 0.651. The van der Waals surface area contributed by atoms with Crippen LogP contribution >= 0.6 is 47.0 Å². The minimum atomic E-state index is -0.617. The molecule has 0 aliphatic carbocycles. The molecule has 0 amide bonds. The zero-order chi connectivity index (χ0) is 20.9. The highest BCUT2D eigenvalue weighted by molar-refractivity contribution is 8.26. The lowest BCUT2D eigenvalue weighted by atomic mass is 10.2. The van der Waals surface area contributed by atoms with Gasteiger partial charge in [-0.2, -0.15) is 15.8 Å². The van der Waals surface area contributed by atoms with Crippen LogP contribution in [0.25, 0.3) is 0 Å². The van der Waals surface area contributed by atoms with Crippen molar-refractivity contribution in [2.45, 2.75) is 25.6 Å². The first kappa shape index (κ1) is 19.6. The van der Waals surface area contributed by atoms with Crippen LogP contribution in [0.1, 0.15) is 0 Å². The average molecular weight is 461 g/mol. The highest BCUT2D eigenvalue weighted by Crippen LogP contribution is 2.67. The van der Waals surface area contributed by atoms with Crippen LogP contribution in [0.4, 0.5) is 11.4 Å². The summed E-state index contributed by atoms with van der Waals surface area (Å²) in [5.41, 5.74) is -0.474. The highest BCUT2D eigenvalue weighted by Gasteiger charge is 2.46. The van der Waals surface area contributed by atoms with Crippen molar-refractivity contribution in [1.82, 2.24) is 5.32 Å². The van der Waals surface area contributed by atoms with Crippen LogP contribution in [0.5, 0.6) is 0 Å². The van der Waals surface area contributed by atoms with Gasteiger partial charge in [-0.1, -0.05) is 47.0 Å². The molecule has 3 aliphatic rings. The van der Waals surface area contributed by atoms with E-state index in [1.165, 1.54) is 0 Å². The molecule has 1 saturated heterocycles. The van der Waals surface area contributed by atoms with Crippen molar-refractivity contribution in [2.24, 2.45) is 0 Å². The van der Waals surface area contributed by atoms with Gasteiger partial charge in [0.25, 0.3) is 11.4 Å². The normalized spacial score (nSPS) is 18.2. The van der Waals surface area contributed by atoms with Crippen LogP contribution in [-0.2, 0) is 0 Å². The number of thioether (sulfide) groups is 4. The number of nitriles is 3. The summed E-state index contributed by atoms with van der Waals surface area (Å²) in [5, 5.41) is 54.3. The Labute approximate surface area is 179 Å². The van der Waals surface area contributed by atoms with Gasteiger partial charge in [0.1, 0.15) is 37.3 Å². The third-order valence-electron chi connectivity index (χ3n) is 3.94. The zero-order valence-corrected chi connectivity index (χ0v) is 17.1. The molecule has 1 atom stereocenters. The van der Waals surface area contributed by atoms with Crippen molar-refractivity contribution >= 4 is 58.4 Å². The molecular weight excluding hydrogens is 456 g/mol. The quantitative estimate of drug-likeness (QED) is 0.298. The van der Waals surface area contributed by atoms with E-state index in [1.807, 2.05) is 0 Å². The Morgan fingerprint density at radius 1 is 0.862 bits per heavy atom. The molecule has 3 aliphatic heterocycles. The molecule has 1 N–H and O–H groups in total. The van der Waals surface area contributed by atoms with E-state index in [4.69, 9.17) is 10.5 Å². The maximum absolute atomic E-state index is 11.9. The van der Waals surface area contributed by atoms with Crippen molar-refractivity contribution in [1.29, 1.82) is 15.8 Å². The lowest BCUT2D eigenvalue weighted by Gasteiger charge is -2.05. The molecule has 3 heterocycles. The monoisotopic (exact) mass is 460 g/mol. The molecule has 1 aromatic carbocycles. The van der Waals surface area contributed by atoms with E-state index >= 15 is 0 Å². The van der Waals surface area contributed by atoms with Gasteiger partial charge in [-0.15, -0.1) is 0 Å². The van der Waals surface area contributed by atoms with E-state index in [2.05, 4.69) is 11.4 Å². The van der Waals surface area contributed by atoms with Gasteiger partial charge in [0.15, 0.2) is 0 Å². The first-order valence-electron chi connectivity index (χ1n) is 7.57. The molecule has 0 spiro atoms. The van der Waals surface area contributed by atoms with E-state index in [-0.39, 0.29) is 46.8 Å². The van der Waals surface area contributed by atoms with E-state index in [0.717, 1.165) is 47.0 Å². The zero-order valence-electron chi connectivity index (χ0n) is 13.8. The molecular formula is C15H4N6O4S4. The number of nitrogens with one attached hydrogen (secondary N) is 1. The minimum absolute atomic E-state index is 0.0425. The Morgan fingerprint density at radius 2 is 1.28 bits per heavy atom. The largest absolute Gasteiger partial charge is 0.306 e. The second-order valence-electron chi connectivity index (χ2n) is 5.60. The van der Waals surface area contributed by atoms with Crippen LogP contribution < -0.4 is 5.32 Å². The molecule has 142 valence electrons. The Bertz CT molecular complexity index is 1140. The Balaban J connectivity index is 1.98. The fraction of sp³-hybridized carbons (Fsp3) is 0.133. The topological polar surface area (TPSA) is 180 Å². The third kappa shape index (κ3) is 3.13. The number of nitrogens with zero attached hydrogens (tertiary/aromatic N) is 5. The maximum Gasteiger partial charge on any atom is 0.299 e. The fourth-order valence-electron chi connectivity index (χ4n) is 2.62. The molecule has 1 aromatic rings.